The molecule has 0 bridgehead atoms. The normalized spacial score (nSPS) is 14.9. The number of nitrogens with zero attached hydrogens (tertiary/aromatic N) is 2. The molecule has 4 rings (SSSR count). The van der Waals surface area contributed by atoms with Gasteiger partial charge in [0.2, 0.25) is 0 Å². The van der Waals surface area contributed by atoms with E-state index in [1.54, 1.807) is 13.2 Å². The predicted molar refractivity (Wildman–Crippen MR) is 126 cm³/mol. The summed E-state index contributed by atoms with van der Waals surface area (Å²) in [7, 11) is 1.62. The summed E-state index contributed by atoms with van der Waals surface area (Å²) in [5.74, 6) is 2.01. The van der Waals surface area contributed by atoms with E-state index >= 15 is 0 Å². The van der Waals surface area contributed by atoms with Gasteiger partial charge in [0.15, 0.2) is 11.5 Å². The van der Waals surface area contributed by atoms with Crippen molar-refractivity contribution >= 4 is 16.9 Å². The van der Waals surface area contributed by atoms with Crippen molar-refractivity contribution in [3.05, 3.63) is 53.5 Å². The Morgan fingerprint density at radius 3 is 2.74 bits per heavy atom. The van der Waals surface area contributed by atoms with Gasteiger partial charge in [-0.15, -0.1) is 0 Å². The Bertz CT molecular complexity index is 1110. The minimum atomic E-state index is -0.294. The van der Waals surface area contributed by atoms with Crippen molar-refractivity contribution in [1.29, 1.82) is 0 Å². The molecule has 0 amide bonds. The van der Waals surface area contributed by atoms with Crippen LogP contribution in [0.2, 0.25) is 0 Å². The number of aromatic nitrogens is 1. The molecule has 7 nitrogen and oxygen atoms in total. The molecule has 1 saturated heterocycles. The van der Waals surface area contributed by atoms with Crippen LogP contribution in [-0.2, 0) is 16.0 Å². The van der Waals surface area contributed by atoms with Crippen molar-refractivity contribution in [2.24, 2.45) is 0 Å². The third-order valence-electron chi connectivity index (χ3n) is 6.23. The number of hydrogen-bond acceptors (Lipinski definition) is 7. The first-order valence-corrected chi connectivity index (χ1v) is 11.7. The van der Waals surface area contributed by atoms with Gasteiger partial charge in [0.05, 0.1) is 20.3 Å². The molecule has 0 saturated carbocycles. The van der Waals surface area contributed by atoms with E-state index in [1.807, 2.05) is 18.2 Å². The second-order valence-corrected chi connectivity index (χ2v) is 8.60. The monoisotopic (exact) mass is 470 g/mol. The largest absolute Gasteiger partial charge is 0.493 e. The van der Waals surface area contributed by atoms with Crippen molar-refractivity contribution in [2.45, 2.75) is 38.5 Å². The molecule has 182 valence electrons. The number of halogens is 1. The highest BCUT2D eigenvalue weighted by Gasteiger charge is 2.25. The van der Waals surface area contributed by atoms with Crippen LogP contribution in [0.1, 0.15) is 43.4 Å². The van der Waals surface area contributed by atoms with Gasteiger partial charge in [-0.05, 0) is 62.2 Å². The number of esters is 1. The van der Waals surface area contributed by atoms with Gasteiger partial charge in [-0.2, -0.15) is 0 Å². The summed E-state index contributed by atoms with van der Waals surface area (Å²) in [6, 6.07) is 10.4. The number of likely N-dealkylation sites (tertiary alicyclic amines) is 1. The molecule has 0 N–H and O–H groups in total. The summed E-state index contributed by atoms with van der Waals surface area (Å²) in [4.78, 5) is 13.3. The molecule has 2 heterocycles. The number of rotatable bonds is 10. The van der Waals surface area contributed by atoms with Crippen LogP contribution in [0.5, 0.6) is 11.5 Å². The number of benzene rings is 2. The number of ether oxygens (including phenoxy) is 3. The average Bonchev–Trinajstić information content (AvgIpc) is 3.25. The van der Waals surface area contributed by atoms with E-state index in [9.17, 15) is 9.18 Å². The Hall–Kier alpha value is -3.13. The number of methoxy groups -OCH3 is 1. The number of hydrogen-bond donors (Lipinski definition) is 0. The van der Waals surface area contributed by atoms with Crippen LogP contribution in [0.4, 0.5) is 4.39 Å². The summed E-state index contributed by atoms with van der Waals surface area (Å²) >= 11 is 0. The summed E-state index contributed by atoms with van der Waals surface area (Å²) in [6.07, 6.45) is 3.52. The van der Waals surface area contributed by atoms with E-state index in [-0.39, 0.29) is 11.8 Å². The maximum atomic E-state index is 13.4. The van der Waals surface area contributed by atoms with Crippen molar-refractivity contribution in [2.75, 3.05) is 40.0 Å². The summed E-state index contributed by atoms with van der Waals surface area (Å²) in [5.41, 5.74) is 1.61. The SMILES string of the molecule is COc1cc(CCOC(C)=O)ccc1OCCCN1CCC(c2onc3cc(F)ccc23)CC1. The molecule has 3 aromatic rings. The molecular formula is C26H31FN2O5. The lowest BCUT2D eigenvalue weighted by Crippen LogP contribution is -2.34. The van der Waals surface area contributed by atoms with Crippen molar-refractivity contribution in [3.63, 3.8) is 0 Å². The lowest BCUT2D eigenvalue weighted by atomic mass is 9.92. The molecule has 1 aromatic heterocycles. The van der Waals surface area contributed by atoms with E-state index in [0.29, 0.717) is 42.6 Å². The van der Waals surface area contributed by atoms with Gasteiger partial charge in [0, 0.05) is 37.3 Å². The molecule has 1 aliphatic heterocycles. The average molecular weight is 471 g/mol. The Morgan fingerprint density at radius 2 is 1.97 bits per heavy atom. The zero-order chi connectivity index (χ0) is 23.9. The predicted octanol–water partition coefficient (Wildman–Crippen LogP) is 4.73. The number of piperidine rings is 1. The zero-order valence-electron chi connectivity index (χ0n) is 19.7. The van der Waals surface area contributed by atoms with E-state index in [4.69, 9.17) is 18.7 Å². The molecule has 0 unspecified atom stereocenters. The van der Waals surface area contributed by atoms with Crippen molar-refractivity contribution < 1.29 is 27.9 Å². The van der Waals surface area contributed by atoms with Gasteiger partial charge < -0.3 is 23.6 Å². The first-order chi connectivity index (χ1) is 16.5. The lowest BCUT2D eigenvalue weighted by Gasteiger charge is -2.30. The molecule has 8 heteroatoms. The highest BCUT2D eigenvalue weighted by molar-refractivity contribution is 5.80. The molecule has 1 aliphatic rings. The van der Waals surface area contributed by atoms with Crippen LogP contribution >= 0.6 is 0 Å². The quantitative estimate of drug-likeness (QED) is 0.313. The molecule has 0 spiro atoms. The van der Waals surface area contributed by atoms with E-state index in [2.05, 4.69) is 10.1 Å². The molecule has 2 aromatic carbocycles. The Morgan fingerprint density at radius 1 is 1.15 bits per heavy atom. The van der Waals surface area contributed by atoms with Gasteiger partial charge in [-0.1, -0.05) is 11.2 Å². The number of carbonyl (C=O) groups is 1. The van der Waals surface area contributed by atoms with Crippen molar-refractivity contribution in [3.8, 4) is 11.5 Å². The van der Waals surface area contributed by atoms with Gasteiger partial charge in [0.25, 0.3) is 0 Å². The Labute approximate surface area is 198 Å². The summed E-state index contributed by atoms with van der Waals surface area (Å²) in [5, 5.41) is 4.95. The fourth-order valence-corrected chi connectivity index (χ4v) is 4.42. The van der Waals surface area contributed by atoms with E-state index in [1.165, 1.54) is 19.1 Å². The van der Waals surface area contributed by atoms with E-state index in [0.717, 1.165) is 55.6 Å². The molecule has 0 atom stereocenters. The van der Waals surface area contributed by atoms with Gasteiger partial charge in [-0.3, -0.25) is 4.79 Å². The summed E-state index contributed by atoms with van der Waals surface area (Å²) < 4.78 is 35.4. The van der Waals surface area contributed by atoms with Gasteiger partial charge in [0.1, 0.15) is 17.1 Å². The smallest absolute Gasteiger partial charge is 0.302 e. The summed E-state index contributed by atoms with van der Waals surface area (Å²) in [6.45, 7) is 5.27. The molecule has 0 aliphatic carbocycles. The highest BCUT2D eigenvalue weighted by atomic mass is 19.1. The third kappa shape index (κ3) is 6.05. The molecule has 0 radical (unpaired) electrons. The van der Waals surface area contributed by atoms with Crippen LogP contribution in [0.15, 0.2) is 40.9 Å². The zero-order valence-corrected chi connectivity index (χ0v) is 19.7. The van der Waals surface area contributed by atoms with Gasteiger partial charge >= 0.3 is 5.97 Å². The van der Waals surface area contributed by atoms with Crippen LogP contribution in [0.25, 0.3) is 10.9 Å². The van der Waals surface area contributed by atoms with Crippen molar-refractivity contribution in [1.82, 2.24) is 10.1 Å². The molecular weight excluding hydrogens is 439 g/mol. The number of carbonyl (C=O) groups excluding carboxylic acids is 1. The van der Waals surface area contributed by atoms with Crippen LogP contribution in [0, 0.1) is 5.82 Å². The van der Waals surface area contributed by atoms with Crippen LogP contribution < -0.4 is 9.47 Å². The number of fused-ring (bicyclic) bond motifs is 1. The standard InChI is InChI=1S/C26H31FN2O5/c1-18(30)32-15-10-19-4-7-24(25(16-19)31-2)33-14-3-11-29-12-8-20(9-13-29)26-22-6-5-21(27)17-23(22)28-34-26/h4-7,16-17,20H,3,8-15H2,1-2H3. The van der Waals surface area contributed by atoms with E-state index < -0.39 is 0 Å². The van der Waals surface area contributed by atoms with Crippen LogP contribution in [0.3, 0.4) is 0 Å². The second-order valence-electron chi connectivity index (χ2n) is 8.60. The minimum Gasteiger partial charge on any atom is -0.493 e. The maximum absolute atomic E-state index is 13.4. The lowest BCUT2D eigenvalue weighted by molar-refractivity contribution is -0.140. The topological polar surface area (TPSA) is 74.0 Å². The minimum absolute atomic E-state index is 0.278. The first kappa shape index (κ1) is 24.0. The fourth-order valence-electron chi connectivity index (χ4n) is 4.42. The Kier molecular flexibility index (Phi) is 8.00. The first-order valence-electron chi connectivity index (χ1n) is 11.7. The van der Waals surface area contributed by atoms with Crippen LogP contribution in [-0.4, -0.2) is 56.0 Å². The highest BCUT2D eigenvalue weighted by Crippen LogP contribution is 2.33. The third-order valence-corrected chi connectivity index (χ3v) is 6.23. The molecule has 1 fully saturated rings. The maximum Gasteiger partial charge on any atom is 0.302 e. The molecule has 34 heavy (non-hydrogen) atoms. The second kappa shape index (κ2) is 11.3. The Balaban J connectivity index is 1.20. The fraction of sp³-hybridized carbons (Fsp3) is 0.462. The van der Waals surface area contributed by atoms with Gasteiger partial charge in [-0.25, -0.2) is 4.39 Å².